The van der Waals surface area contributed by atoms with E-state index in [-0.39, 0.29) is 0 Å². The molecule has 0 amide bonds. The minimum absolute atomic E-state index is 0.314. The normalized spacial score (nSPS) is 28.8. The van der Waals surface area contributed by atoms with Crippen molar-refractivity contribution in [1.82, 2.24) is 19.8 Å². The lowest BCUT2D eigenvalue weighted by molar-refractivity contribution is 0.288. The average Bonchev–Trinajstić information content (AvgIpc) is 2.65. The Morgan fingerprint density at radius 3 is 1.33 bits per heavy atom. The largest absolute Gasteiger partial charge is 0.309 e. The summed E-state index contributed by atoms with van der Waals surface area (Å²) in [7, 11) is 12.9. The molecule has 0 saturated carbocycles. The fourth-order valence-corrected chi connectivity index (χ4v) is 2.12. The molecule has 0 aromatic heterocycles. The van der Waals surface area contributed by atoms with E-state index in [2.05, 4.69) is 62.1 Å². The predicted molar refractivity (Wildman–Crippen MR) is 64.6 cm³/mol. The maximum absolute atomic E-state index is 2.36. The molecule has 4 heteroatoms. The van der Waals surface area contributed by atoms with Crippen molar-refractivity contribution in [2.45, 2.75) is 18.5 Å². The molecule has 0 aliphatic carbocycles. The summed E-state index contributed by atoms with van der Waals surface area (Å²) in [6.07, 6.45) is 2.45. The van der Waals surface area contributed by atoms with E-state index in [4.69, 9.17) is 0 Å². The van der Waals surface area contributed by atoms with Crippen molar-refractivity contribution < 1.29 is 0 Å². The topological polar surface area (TPSA) is 12.5 Å². The maximum Gasteiger partial charge on any atom is 0.102 e. The molecule has 1 fully saturated rings. The lowest BCUT2D eigenvalue weighted by Gasteiger charge is -2.19. The van der Waals surface area contributed by atoms with Gasteiger partial charge in [-0.3, -0.25) is 0 Å². The number of hydrogen-bond donors (Lipinski definition) is 0. The highest BCUT2D eigenvalue weighted by molar-refractivity contribution is 4.98. The summed E-state index contributed by atoms with van der Waals surface area (Å²) in [5.41, 5.74) is 0.314. The van der Waals surface area contributed by atoms with Crippen molar-refractivity contribution in [3.8, 4) is 0 Å². The van der Waals surface area contributed by atoms with Crippen LogP contribution in [0, 0.1) is 0 Å². The summed E-state index contributed by atoms with van der Waals surface area (Å²) in [6.45, 7) is 2.31. The third kappa shape index (κ3) is 2.91. The van der Waals surface area contributed by atoms with Crippen molar-refractivity contribution in [1.29, 1.82) is 0 Å². The van der Waals surface area contributed by atoms with E-state index in [1.165, 1.54) is 12.8 Å². The van der Waals surface area contributed by atoms with Crippen LogP contribution in [0.5, 0.6) is 0 Å². The van der Waals surface area contributed by atoms with Gasteiger partial charge in [0.05, 0.1) is 0 Å². The zero-order valence-electron chi connectivity index (χ0n) is 11.1. The van der Waals surface area contributed by atoms with E-state index in [9.17, 15) is 0 Å². The highest BCUT2D eigenvalue weighted by Crippen LogP contribution is 2.41. The van der Waals surface area contributed by atoms with Gasteiger partial charge in [-0.2, -0.15) is 0 Å². The molecular formula is C11H26N4. The average molecular weight is 214 g/mol. The maximum atomic E-state index is 2.36. The third-order valence-corrected chi connectivity index (χ3v) is 3.53. The third-order valence-electron chi connectivity index (χ3n) is 3.53. The first kappa shape index (κ1) is 12.9. The Morgan fingerprint density at radius 1 is 0.800 bits per heavy atom. The molecule has 2 atom stereocenters. The molecule has 0 bridgehead atoms. The van der Waals surface area contributed by atoms with Crippen LogP contribution in [0.1, 0.15) is 12.8 Å². The monoisotopic (exact) mass is 214 g/mol. The SMILES string of the molecule is CN(C)CCC1(CCN(C)C)N(C)N1C. The molecule has 1 saturated heterocycles. The highest BCUT2D eigenvalue weighted by Gasteiger charge is 2.54. The highest BCUT2D eigenvalue weighted by atomic mass is 15.9. The summed E-state index contributed by atoms with van der Waals surface area (Å²) in [4.78, 5) is 4.52. The van der Waals surface area contributed by atoms with Crippen LogP contribution in [-0.4, -0.2) is 80.9 Å². The quantitative estimate of drug-likeness (QED) is 0.592. The van der Waals surface area contributed by atoms with Crippen LogP contribution in [0.2, 0.25) is 0 Å². The minimum Gasteiger partial charge on any atom is -0.309 e. The molecule has 0 N–H and O–H groups in total. The van der Waals surface area contributed by atoms with E-state index < -0.39 is 0 Å². The van der Waals surface area contributed by atoms with Gasteiger partial charge in [-0.25, -0.2) is 10.0 Å². The van der Waals surface area contributed by atoms with Crippen molar-refractivity contribution in [2.75, 3.05) is 55.4 Å². The van der Waals surface area contributed by atoms with Gasteiger partial charge in [0.25, 0.3) is 0 Å². The number of nitrogens with zero attached hydrogens (tertiary/aromatic N) is 4. The first-order chi connectivity index (χ1) is 6.90. The lowest BCUT2D eigenvalue weighted by atomic mass is 10.1. The minimum atomic E-state index is 0.314. The molecule has 0 radical (unpaired) electrons. The Kier molecular flexibility index (Phi) is 4.12. The summed E-state index contributed by atoms with van der Waals surface area (Å²) < 4.78 is 0. The predicted octanol–water partition coefficient (Wildman–Crippen LogP) is 0.378. The van der Waals surface area contributed by atoms with Gasteiger partial charge in [0, 0.05) is 27.2 Å². The Bertz CT molecular complexity index is 181. The molecular weight excluding hydrogens is 188 g/mol. The smallest absolute Gasteiger partial charge is 0.102 e. The number of hydrogen-bond acceptors (Lipinski definition) is 4. The van der Waals surface area contributed by atoms with Crippen LogP contribution < -0.4 is 0 Å². The van der Waals surface area contributed by atoms with Gasteiger partial charge < -0.3 is 9.80 Å². The molecule has 1 rings (SSSR count). The van der Waals surface area contributed by atoms with Crippen LogP contribution in [0.15, 0.2) is 0 Å². The van der Waals surface area contributed by atoms with Gasteiger partial charge >= 0.3 is 0 Å². The fraction of sp³-hybridized carbons (Fsp3) is 1.00. The van der Waals surface area contributed by atoms with E-state index in [0.29, 0.717) is 5.66 Å². The first-order valence-corrected chi connectivity index (χ1v) is 5.67. The van der Waals surface area contributed by atoms with Crippen molar-refractivity contribution in [3.63, 3.8) is 0 Å². The van der Waals surface area contributed by atoms with Crippen molar-refractivity contribution in [2.24, 2.45) is 0 Å². The molecule has 0 aromatic carbocycles. The van der Waals surface area contributed by atoms with Gasteiger partial charge in [0.2, 0.25) is 0 Å². The summed E-state index contributed by atoms with van der Waals surface area (Å²) in [6, 6.07) is 0. The van der Waals surface area contributed by atoms with Gasteiger partial charge in [-0.15, -0.1) is 0 Å². The molecule has 2 unspecified atom stereocenters. The van der Waals surface area contributed by atoms with Crippen LogP contribution >= 0.6 is 0 Å². The first-order valence-electron chi connectivity index (χ1n) is 5.67. The zero-order valence-corrected chi connectivity index (χ0v) is 11.1. The van der Waals surface area contributed by atoms with Gasteiger partial charge in [0.15, 0.2) is 0 Å². The van der Waals surface area contributed by atoms with Gasteiger partial charge in [-0.05, 0) is 41.0 Å². The fourth-order valence-electron chi connectivity index (χ4n) is 2.12. The van der Waals surface area contributed by atoms with E-state index in [0.717, 1.165) is 13.1 Å². The molecule has 1 aliphatic rings. The summed E-state index contributed by atoms with van der Waals surface area (Å²) in [5, 5.41) is 4.72. The molecule has 0 spiro atoms. The van der Waals surface area contributed by atoms with Gasteiger partial charge in [-0.1, -0.05) is 0 Å². The van der Waals surface area contributed by atoms with E-state index in [1.807, 2.05) is 0 Å². The molecule has 1 heterocycles. The lowest BCUT2D eigenvalue weighted by Crippen LogP contribution is -2.30. The molecule has 1 aliphatic heterocycles. The zero-order chi connectivity index (χ0) is 11.6. The Labute approximate surface area is 94.4 Å². The second-order valence-corrected chi connectivity index (χ2v) is 5.14. The molecule has 4 nitrogen and oxygen atoms in total. The Balaban J connectivity index is 2.43. The van der Waals surface area contributed by atoms with Crippen LogP contribution in [0.4, 0.5) is 0 Å². The Morgan fingerprint density at radius 2 is 1.13 bits per heavy atom. The Hall–Kier alpha value is -0.160. The van der Waals surface area contributed by atoms with E-state index in [1.54, 1.807) is 0 Å². The number of rotatable bonds is 6. The molecule has 90 valence electrons. The van der Waals surface area contributed by atoms with Gasteiger partial charge in [0.1, 0.15) is 5.66 Å². The van der Waals surface area contributed by atoms with Crippen LogP contribution in [0.3, 0.4) is 0 Å². The van der Waals surface area contributed by atoms with E-state index >= 15 is 0 Å². The summed E-state index contributed by atoms with van der Waals surface area (Å²) in [5.74, 6) is 0. The number of hydrazine groups is 1. The summed E-state index contributed by atoms with van der Waals surface area (Å²) >= 11 is 0. The van der Waals surface area contributed by atoms with Crippen LogP contribution in [0.25, 0.3) is 0 Å². The van der Waals surface area contributed by atoms with Crippen molar-refractivity contribution in [3.05, 3.63) is 0 Å². The molecule has 15 heavy (non-hydrogen) atoms. The standard InChI is InChI=1S/C11H26N4/c1-12(2)9-7-11(8-10-13(3)4)14(5)15(11)6/h7-10H2,1-6H3. The van der Waals surface area contributed by atoms with Crippen LogP contribution in [-0.2, 0) is 0 Å². The van der Waals surface area contributed by atoms with Crippen molar-refractivity contribution >= 4 is 0 Å². The second-order valence-electron chi connectivity index (χ2n) is 5.14. The second kappa shape index (κ2) is 4.78. The molecule has 0 aromatic rings.